The van der Waals surface area contributed by atoms with Crippen LogP contribution in [0.4, 0.5) is 0 Å². The fourth-order valence-electron chi connectivity index (χ4n) is 4.36. The van der Waals surface area contributed by atoms with Gasteiger partial charge in [-0.3, -0.25) is 0 Å². The highest BCUT2D eigenvalue weighted by molar-refractivity contribution is 6.70. The highest BCUT2D eigenvalue weighted by Crippen LogP contribution is 2.43. The molecule has 0 radical (unpaired) electrons. The molecule has 0 aliphatic carbocycles. The van der Waals surface area contributed by atoms with Gasteiger partial charge in [-0.15, -0.1) is 0 Å². The van der Waals surface area contributed by atoms with Gasteiger partial charge in [0.1, 0.15) is 5.22 Å². The molecule has 10 heteroatoms. The van der Waals surface area contributed by atoms with E-state index in [1.54, 1.807) is 42.5 Å². The van der Waals surface area contributed by atoms with Crippen molar-refractivity contribution in [3.8, 4) is 0 Å². The molecule has 0 aromatic carbocycles. The zero-order valence-corrected chi connectivity index (χ0v) is 24.7. The number of carbonyl (C=O) groups is 1. The molecule has 0 spiro atoms. The summed E-state index contributed by atoms with van der Waals surface area (Å²) in [5, 5.41) is 8.30. The minimum Gasteiger partial charge on any atom is -0.462 e. The predicted molar refractivity (Wildman–Crippen MR) is 139 cm³/mol. The van der Waals surface area contributed by atoms with E-state index in [1.807, 2.05) is 6.55 Å². The van der Waals surface area contributed by atoms with Crippen molar-refractivity contribution in [1.82, 2.24) is 0 Å². The van der Waals surface area contributed by atoms with E-state index in [4.69, 9.17) is 32.3 Å². The molecule has 0 bridgehead atoms. The van der Waals surface area contributed by atoms with Crippen molar-refractivity contribution in [3.63, 3.8) is 0 Å². The SMILES string of the molecule is C=C(C)C(=O)OCCCCCCC1(OC)CCCC[Si]1(OC)OC.CO[Si](C)(CCCO)OC. The summed E-state index contributed by atoms with van der Waals surface area (Å²) < 4.78 is 33.3. The van der Waals surface area contributed by atoms with Gasteiger partial charge in [-0.1, -0.05) is 38.7 Å². The van der Waals surface area contributed by atoms with E-state index >= 15 is 0 Å². The van der Waals surface area contributed by atoms with Crippen molar-refractivity contribution in [2.24, 2.45) is 0 Å². The number of unbranched alkanes of at least 4 members (excludes halogenated alkanes) is 3. The van der Waals surface area contributed by atoms with E-state index < -0.39 is 17.1 Å². The molecule has 1 saturated heterocycles. The minimum absolute atomic E-state index is 0.218. The van der Waals surface area contributed by atoms with Crippen LogP contribution in [0.2, 0.25) is 18.6 Å². The summed E-state index contributed by atoms with van der Waals surface area (Å²) in [6, 6.07) is 1.86. The van der Waals surface area contributed by atoms with E-state index in [9.17, 15) is 4.79 Å². The van der Waals surface area contributed by atoms with Gasteiger partial charge in [-0.2, -0.15) is 0 Å². The van der Waals surface area contributed by atoms with Gasteiger partial charge in [0.15, 0.2) is 0 Å². The summed E-state index contributed by atoms with van der Waals surface area (Å²) >= 11 is 0. The maximum atomic E-state index is 11.3. The highest BCUT2D eigenvalue weighted by atomic mass is 28.4. The first-order valence-electron chi connectivity index (χ1n) is 12.3. The lowest BCUT2D eigenvalue weighted by Crippen LogP contribution is -2.64. The van der Waals surface area contributed by atoms with Gasteiger partial charge in [0.2, 0.25) is 0 Å². The average molecular weight is 523 g/mol. The summed E-state index contributed by atoms with van der Waals surface area (Å²) in [5.41, 5.74) is 0.453. The van der Waals surface area contributed by atoms with Crippen LogP contribution in [0.15, 0.2) is 12.2 Å². The fraction of sp³-hybridized carbons (Fsp3) is 0.875. The molecule has 1 aliphatic heterocycles. The van der Waals surface area contributed by atoms with Crippen LogP contribution in [0, 0.1) is 0 Å². The summed E-state index contributed by atoms with van der Waals surface area (Å²) in [5.74, 6) is -0.300. The van der Waals surface area contributed by atoms with Gasteiger partial charge in [-0.05, 0) is 51.2 Å². The van der Waals surface area contributed by atoms with E-state index in [0.717, 1.165) is 63.5 Å². The number of ether oxygens (including phenoxy) is 2. The third-order valence-corrected chi connectivity index (χ3v) is 14.2. The number of hydrogen-bond acceptors (Lipinski definition) is 8. The molecule has 1 fully saturated rings. The number of carbonyl (C=O) groups excluding carboxylic acids is 1. The van der Waals surface area contributed by atoms with Gasteiger partial charge in [0.25, 0.3) is 0 Å². The average Bonchev–Trinajstić information content (AvgIpc) is 2.86. The van der Waals surface area contributed by atoms with Crippen LogP contribution in [0.5, 0.6) is 0 Å². The predicted octanol–water partition coefficient (Wildman–Crippen LogP) is 4.63. The molecule has 0 aromatic rings. The number of aliphatic hydroxyl groups excluding tert-OH is 1. The lowest BCUT2D eigenvalue weighted by molar-refractivity contribution is -0.139. The number of aliphatic hydroxyl groups is 1. The Hall–Kier alpha value is -0.596. The van der Waals surface area contributed by atoms with E-state index in [1.165, 1.54) is 6.42 Å². The van der Waals surface area contributed by atoms with E-state index in [2.05, 4.69) is 6.58 Å². The topological polar surface area (TPSA) is 92.7 Å². The minimum atomic E-state index is -2.31. The number of rotatable bonds is 16. The summed E-state index contributed by atoms with van der Waals surface area (Å²) in [7, 11) is 4.46. The monoisotopic (exact) mass is 522 g/mol. The Morgan fingerprint density at radius 1 is 1.00 bits per heavy atom. The van der Waals surface area contributed by atoms with Crippen LogP contribution in [0.25, 0.3) is 0 Å². The van der Waals surface area contributed by atoms with Crippen LogP contribution < -0.4 is 0 Å². The lowest BCUT2D eigenvalue weighted by Gasteiger charge is -2.48. The van der Waals surface area contributed by atoms with Crippen LogP contribution in [0.3, 0.4) is 0 Å². The molecular weight excluding hydrogens is 472 g/mol. The standard InChI is InChI=1S/C18H34O5Si.C6H16O3Si/c1-16(2)17(19)23-14-10-7-6-8-12-18(20-3)13-9-11-15-24(18,21-4)22-5;1-8-10(3,9-2)6-4-5-7/h1,6-15H2,2-5H3;7H,4-6H2,1-3H3. The molecule has 0 aromatic heterocycles. The first-order valence-corrected chi connectivity index (χ1v) is 16.9. The van der Waals surface area contributed by atoms with E-state index in [-0.39, 0.29) is 17.8 Å². The zero-order chi connectivity index (χ0) is 26.1. The number of methoxy groups -OCH3 is 1. The summed E-state index contributed by atoms with van der Waals surface area (Å²) in [4.78, 5) is 11.3. The smallest absolute Gasteiger partial charge is 0.370 e. The number of esters is 1. The Morgan fingerprint density at radius 3 is 2.12 bits per heavy atom. The second-order valence-electron chi connectivity index (χ2n) is 9.02. The molecule has 34 heavy (non-hydrogen) atoms. The van der Waals surface area contributed by atoms with Crippen molar-refractivity contribution in [2.75, 3.05) is 48.8 Å². The van der Waals surface area contributed by atoms with Crippen molar-refractivity contribution >= 4 is 23.1 Å². The highest BCUT2D eigenvalue weighted by Gasteiger charge is 2.58. The van der Waals surface area contributed by atoms with Crippen molar-refractivity contribution in [1.29, 1.82) is 0 Å². The maximum Gasteiger partial charge on any atom is 0.370 e. The fourth-order valence-corrected chi connectivity index (χ4v) is 9.65. The molecule has 202 valence electrons. The molecule has 1 rings (SSSR count). The third kappa shape index (κ3) is 10.6. The molecule has 1 N–H and O–H groups in total. The van der Waals surface area contributed by atoms with Crippen molar-refractivity contribution in [2.45, 2.75) is 88.6 Å². The quantitative estimate of drug-likeness (QED) is 0.136. The third-order valence-electron chi connectivity index (χ3n) is 6.79. The Morgan fingerprint density at radius 2 is 1.62 bits per heavy atom. The second kappa shape index (κ2) is 17.8. The summed E-state index contributed by atoms with van der Waals surface area (Å²) in [6.45, 7) is 7.91. The Bertz CT molecular complexity index is 567. The van der Waals surface area contributed by atoms with Gasteiger partial charge >= 0.3 is 23.1 Å². The molecule has 1 heterocycles. The molecule has 0 amide bonds. The maximum absolute atomic E-state index is 11.3. The Balaban J connectivity index is 0.000000916. The van der Waals surface area contributed by atoms with Crippen molar-refractivity contribution < 1.29 is 37.1 Å². The van der Waals surface area contributed by atoms with Crippen molar-refractivity contribution in [3.05, 3.63) is 12.2 Å². The summed E-state index contributed by atoms with van der Waals surface area (Å²) in [6.07, 6.45) is 9.19. The zero-order valence-electron chi connectivity index (χ0n) is 22.7. The van der Waals surface area contributed by atoms with Crippen LogP contribution in [-0.4, -0.2) is 82.2 Å². The molecule has 0 saturated carbocycles. The van der Waals surface area contributed by atoms with Gasteiger partial charge in [0.05, 0.1) is 6.61 Å². The molecular formula is C24H50O8Si2. The molecule has 1 aliphatic rings. The molecule has 1 atom stereocenters. The second-order valence-corrected chi connectivity index (χ2v) is 16.3. The first kappa shape index (κ1) is 33.4. The van der Waals surface area contributed by atoms with Crippen LogP contribution >= 0.6 is 0 Å². The van der Waals surface area contributed by atoms with Gasteiger partial charge in [0, 0.05) is 47.7 Å². The van der Waals surface area contributed by atoms with Gasteiger partial charge < -0.3 is 32.3 Å². The van der Waals surface area contributed by atoms with E-state index in [0.29, 0.717) is 12.2 Å². The first-order chi connectivity index (χ1) is 16.1. The Labute approximate surface area is 209 Å². The molecule has 8 nitrogen and oxygen atoms in total. The van der Waals surface area contributed by atoms with Crippen LogP contribution in [-0.2, 0) is 32.0 Å². The van der Waals surface area contributed by atoms with Crippen LogP contribution in [0.1, 0.15) is 64.7 Å². The lowest BCUT2D eigenvalue weighted by atomic mass is 10.0. The Kier molecular flexibility index (Phi) is 17.5. The number of hydrogen-bond donors (Lipinski definition) is 1. The largest absolute Gasteiger partial charge is 0.462 e. The molecule has 1 unspecified atom stereocenters. The van der Waals surface area contributed by atoms with Gasteiger partial charge in [-0.25, -0.2) is 4.79 Å². The normalized spacial score (nSPS) is 19.8.